The molecule has 2 N–H and O–H groups in total. The van der Waals surface area contributed by atoms with Gasteiger partial charge in [-0.3, -0.25) is 9.89 Å². The minimum atomic E-state index is 0.675. The molecule has 0 spiro atoms. The van der Waals surface area contributed by atoms with E-state index in [0.29, 0.717) is 6.04 Å². The lowest BCUT2D eigenvalue weighted by atomic mass is 10.2. The fourth-order valence-corrected chi connectivity index (χ4v) is 3.67. The number of likely N-dealkylation sites (N-methyl/N-ethyl adjacent to an activating group) is 1. The first-order chi connectivity index (χ1) is 10.8. The van der Waals surface area contributed by atoms with Crippen molar-refractivity contribution >= 4 is 5.96 Å². The maximum Gasteiger partial charge on any atom is 0.191 e. The van der Waals surface area contributed by atoms with Crippen LogP contribution in [0.5, 0.6) is 0 Å². The fourth-order valence-electron chi connectivity index (χ4n) is 3.67. The Morgan fingerprint density at radius 3 is 2.50 bits per heavy atom. The Kier molecular flexibility index (Phi) is 8.02. The summed E-state index contributed by atoms with van der Waals surface area (Å²) in [5.74, 6) is 0.956. The summed E-state index contributed by atoms with van der Waals surface area (Å²) in [5, 5.41) is 6.98. The van der Waals surface area contributed by atoms with E-state index < -0.39 is 0 Å². The summed E-state index contributed by atoms with van der Waals surface area (Å²) in [6.07, 6.45) is 8.18. The van der Waals surface area contributed by atoms with E-state index in [1.54, 1.807) is 0 Å². The van der Waals surface area contributed by atoms with E-state index in [1.807, 2.05) is 7.05 Å². The number of nitrogens with one attached hydrogen (secondary N) is 2. The van der Waals surface area contributed by atoms with E-state index in [9.17, 15) is 0 Å². The molecule has 0 amide bonds. The van der Waals surface area contributed by atoms with Crippen molar-refractivity contribution in [2.45, 2.75) is 51.5 Å². The zero-order valence-electron chi connectivity index (χ0n) is 14.6. The predicted molar refractivity (Wildman–Crippen MR) is 94.5 cm³/mol. The largest absolute Gasteiger partial charge is 0.355 e. The van der Waals surface area contributed by atoms with E-state index in [0.717, 1.165) is 32.1 Å². The average molecular weight is 310 g/mol. The van der Waals surface area contributed by atoms with Crippen molar-refractivity contribution in [1.82, 2.24) is 20.4 Å². The van der Waals surface area contributed by atoms with Crippen LogP contribution >= 0.6 is 0 Å². The fraction of sp³-hybridized carbons (Fsp3) is 0.941. The molecule has 5 nitrogen and oxygen atoms in total. The monoisotopic (exact) mass is 309 g/mol. The highest BCUT2D eigenvalue weighted by molar-refractivity contribution is 5.79. The molecule has 2 aliphatic heterocycles. The highest BCUT2D eigenvalue weighted by Crippen LogP contribution is 2.15. The van der Waals surface area contributed by atoms with E-state index >= 15 is 0 Å². The van der Waals surface area contributed by atoms with E-state index in [-0.39, 0.29) is 0 Å². The second kappa shape index (κ2) is 10.1. The van der Waals surface area contributed by atoms with Crippen LogP contribution in [0.3, 0.4) is 0 Å². The van der Waals surface area contributed by atoms with Crippen LogP contribution in [0.25, 0.3) is 0 Å². The molecule has 0 bridgehead atoms. The summed E-state index contributed by atoms with van der Waals surface area (Å²) in [5.41, 5.74) is 0. The molecular formula is C17H35N5. The van der Waals surface area contributed by atoms with Gasteiger partial charge in [-0.05, 0) is 51.9 Å². The van der Waals surface area contributed by atoms with Gasteiger partial charge >= 0.3 is 0 Å². The summed E-state index contributed by atoms with van der Waals surface area (Å²) in [6, 6.07) is 0.675. The van der Waals surface area contributed by atoms with Crippen molar-refractivity contribution in [3.05, 3.63) is 0 Å². The summed E-state index contributed by atoms with van der Waals surface area (Å²) >= 11 is 0. The number of rotatable bonds is 6. The van der Waals surface area contributed by atoms with E-state index in [2.05, 4.69) is 32.3 Å². The molecule has 2 saturated heterocycles. The molecule has 0 saturated carbocycles. The number of likely N-dealkylation sites (tertiary alicyclic amines) is 2. The molecule has 1 unspecified atom stereocenters. The third kappa shape index (κ3) is 5.76. The van der Waals surface area contributed by atoms with Crippen LogP contribution in [-0.2, 0) is 0 Å². The Hall–Kier alpha value is -0.810. The summed E-state index contributed by atoms with van der Waals surface area (Å²) in [4.78, 5) is 9.51. The Morgan fingerprint density at radius 1 is 1.05 bits per heavy atom. The van der Waals surface area contributed by atoms with Crippen molar-refractivity contribution in [2.75, 3.05) is 52.9 Å². The van der Waals surface area contributed by atoms with Crippen LogP contribution in [0.15, 0.2) is 4.99 Å². The first-order valence-corrected chi connectivity index (χ1v) is 9.24. The molecule has 2 heterocycles. The number of guanidine groups is 1. The predicted octanol–water partition coefficient (Wildman–Crippen LogP) is 1.51. The van der Waals surface area contributed by atoms with Gasteiger partial charge in [-0.15, -0.1) is 0 Å². The number of hydrogen-bond acceptors (Lipinski definition) is 3. The second-order valence-electron chi connectivity index (χ2n) is 6.56. The molecule has 5 heteroatoms. The van der Waals surface area contributed by atoms with Gasteiger partial charge in [-0.25, -0.2) is 0 Å². The Balaban J connectivity index is 1.62. The lowest BCUT2D eigenvalue weighted by Gasteiger charge is -2.24. The van der Waals surface area contributed by atoms with Gasteiger partial charge in [-0.1, -0.05) is 19.8 Å². The standard InChI is InChI=1S/C17H35N5/c1-3-22-13-8-9-16(22)15-20-17(18-2)19-10-14-21-11-6-4-5-7-12-21/h16H,3-15H2,1-2H3,(H2,18,19,20). The van der Waals surface area contributed by atoms with Gasteiger partial charge in [0.15, 0.2) is 5.96 Å². The highest BCUT2D eigenvalue weighted by atomic mass is 15.2. The average Bonchev–Trinajstić information content (AvgIpc) is 2.84. The zero-order chi connectivity index (χ0) is 15.6. The summed E-state index contributed by atoms with van der Waals surface area (Å²) < 4.78 is 0. The van der Waals surface area contributed by atoms with Crippen LogP contribution in [0.4, 0.5) is 0 Å². The highest BCUT2D eigenvalue weighted by Gasteiger charge is 2.22. The van der Waals surface area contributed by atoms with E-state index in [1.165, 1.54) is 58.2 Å². The zero-order valence-corrected chi connectivity index (χ0v) is 14.6. The van der Waals surface area contributed by atoms with Crippen LogP contribution in [0.1, 0.15) is 45.4 Å². The first-order valence-electron chi connectivity index (χ1n) is 9.24. The molecule has 2 fully saturated rings. The minimum absolute atomic E-state index is 0.675. The van der Waals surface area contributed by atoms with Crippen LogP contribution < -0.4 is 10.6 Å². The number of aliphatic imine (C=N–C) groups is 1. The third-order valence-corrected chi connectivity index (χ3v) is 5.05. The van der Waals surface area contributed by atoms with Crippen molar-refractivity contribution in [3.8, 4) is 0 Å². The molecule has 0 aromatic heterocycles. The van der Waals surface area contributed by atoms with Gasteiger partial charge in [0.1, 0.15) is 0 Å². The van der Waals surface area contributed by atoms with E-state index in [4.69, 9.17) is 0 Å². The minimum Gasteiger partial charge on any atom is -0.355 e. The maximum absolute atomic E-state index is 4.36. The van der Waals surface area contributed by atoms with Gasteiger partial charge in [0, 0.05) is 32.7 Å². The van der Waals surface area contributed by atoms with Gasteiger partial charge in [0.2, 0.25) is 0 Å². The Morgan fingerprint density at radius 2 is 1.82 bits per heavy atom. The molecule has 2 rings (SSSR count). The Bertz CT molecular complexity index is 323. The molecule has 22 heavy (non-hydrogen) atoms. The molecule has 2 aliphatic rings. The molecule has 0 aromatic rings. The summed E-state index contributed by atoms with van der Waals surface area (Å²) in [6.45, 7) is 10.3. The van der Waals surface area contributed by atoms with Gasteiger partial charge in [0.05, 0.1) is 0 Å². The lowest BCUT2D eigenvalue weighted by Crippen LogP contribution is -2.46. The van der Waals surface area contributed by atoms with Gasteiger partial charge < -0.3 is 15.5 Å². The molecule has 0 radical (unpaired) electrons. The lowest BCUT2D eigenvalue weighted by molar-refractivity contribution is 0.266. The quantitative estimate of drug-likeness (QED) is 0.577. The normalized spacial score (nSPS) is 25.2. The molecule has 1 atom stereocenters. The maximum atomic E-state index is 4.36. The van der Waals surface area contributed by atoms with Crippen molar-refractivity contribution < 1.29 is 0 Å². The number of nitrogens with zero attached hydrogens (tertiary/aromatic N) is 3. The molecule has 128 valence electrons. The van der Waals surface area contributed by atoms with Crippen LogP contribution in [0, 0.1) is 0 Å². The second-order valence-corrected chi connectivity index (χ2v) is 6.56. The van der Waals surface area contributed by atoms with Crippen LogP contribution in [0.2, 0.25) is 0 Å². The third-order valence-electron chi connectivity index (χ3n) is 5.05. The number of hydrogen-bond donors (Lipinski definition) is 2. The van der Waals surface area contributed by atoms with Crippen LogP contribution in [-0.4, -0.2) is 74.7 Å². The smallest absolute Gasteiger partial charge is 0.191 e. The molecular weight excluding hydrogens is 274 g/mol. The summed E-state index contributed by atoms with van der Waals surface area (Å²) in [7, 11) is 1.87. The molecule has 0 aliphatic carbocycles. The van der Waals surface area contributed by atoms with Crippen molar-refractivity contribution in [3.63, 3.8) is 0 Å². The SMILES string of the molecule is CCN1CCCC1CNC(=NC)NCCN1CCCCCC1. The van der Waals surface area contributed by atoms with Crippen molar-refractivity contribution in [1.29, 1.82) is 0 Å². The van der Waals surface area contributed by atoms with Gasteiger partial charge in [0.25, 0.3) is 0 Å². The van der Waals surface area contributed by atoms with Crippen molar-refractivity contribution in [2.24, 2.45) is 4.99 Å². The van der Waals surface area contributed by atoms with Gasteiger partial charge in [-0.2, -0.15) is 0 Å². The molecule has 0 aromatic carbocycles. The Labute approximate surface area is 136 Å². The first kappa shape index (κ1) is 17.5. The topological polar surface area (TPSA) is 42.9 Å².